The smallest absolute Gasteiger partial charge is 0.333 e. The maximum atomic E-state index is 11.5. The van der Waals surface area contributed by atoms with Crippen molar-refractivity contribution in [3.05, 3.63) is 34.0 Å². The Kier molecular flexibility index (Phi) is 8.72. The molecule has 2 rings (SSSR count). The highest BCUT2D eigenvalue weighted by Gasteiger charge is 2.24. The van der Waals surface area contributed by atoms with Gasteiger partial charge in [-0.1, -0.05) is 26.8 Å². The van der Waals surface area contributed by atoms with Crippen molar-refractivity contribution in [2.45, 2.75) is 32.9 Å². The number of carbonyl (C=O) groups excluding carboxylic acids is 1. The quantitative estimate of drug-likeness (QED) is 0.333. The van der Waals surface area contributed by atoms with Gasteiger partial charge in [-0.05, 0) is 6.08 Å². The molecule has 0 radical (unpaired) electrons. The number of methoxy groups -OCH3 is 3. The Bertz CT molecular complexity index is 755. The largest absolute Gasteiger partial charge is 0.500 e. The van der Waals surface area contributed by atoms with Crippen LogP contribution in [0.15, 0.2) is 28.3 Å². The van der Waals surface area contributed by atoms with Gasteiger partial charge >= 0.3 is 5.97 Å². The Balaban J connectivity index is 2.08. The first-order chi connectivity index (χ1) is 13.4. The number of hydrogen-bond donors (Lipinski definition) is 0. The first-order valence-electron chi connectivity index (χ1n) is 9.10. The maximum absolute atomic E-state index is 11.5. The molecule has 1 aromatic rings. The Morgan fingerprint density at radius 3 is 2.57 bits per heavy atom. The van der Waals surface area contributed by atoms with E-state index in [1.807, 2.05) is 36.2 Å². The predicted octanol–water partition coefficient (Wildman–Crippen LogP) is 4.35. The number of aliphatic imine (C=N–C) groups is 1. The van der Waals surface area contributed by atoms with Crippen molar-refractivity contribution in [1.82, 2.24) is 4.98 Å². The molecule has 2 heterocycles. The first kappa shape index (κ1) is 22.6. The Morgan fingerprint density at radius 1 is 1.25 bits per heavy atom. The van der Waals surface area contributed by atoms with Crippen LogP contribution in [-0.2, 0) is 19.0 Å². The molecule has 0 aromatic carbocycles. The van der Waals surface area contributed by atoms with Gasteiger partial charge in [0.1, 0.15) is 16.8 Å². The van der Waals surface area contributed by atoms with E-state index in [1.165, 1.54) is 25.3 Å². The molecule has 154 valence electrons. The topological polar surface area (TPSA) is 70.0 Å². The third-order valence-corrected chi connectivity index (χ3v) is 6.68. The molecule has 0 amide bonds. The second kappa shape index (κ2) is 10.8. The number of nitrogens with zero attached hydrogens (tertiary/aromatic N) is 2. The lowest BCUT2D eigenvalue weighted by Crippen LogP contribution is -2.21. The van der Waals surface area contributed by atoms with Crippen LogP contribution >= 0.6 is 23.1 Å². The van der Waals surface area contributed by atoms with Crippen LogP contribution in [0.2, 0.25) is 0 Å². The predicted molar refractivity (Wildman–Crippen MR) is 116 cm³/mol. The summed E-state index contributed by atoms with van der Waals surface area (Å²) in [5.74, 6) is 1.31. The van der Waals surface area contributed by atoms with Crippen molar-refractivity contribution in [3.8, 4) is 0 Å². The summed E-state index contributed by atoms with van der Waals surface area (Å²) in [5, 5.41) is 4.27. The maximum Gasteiger partial charge on any atom is 0.333 e. The standard InChI is InChI=1S/C20H28N2O4S2/c1-12(2)19-22-15(11-28-19)20-21-14(10-27-20)7-8-16(24-4)13(3)17(25-5)9-18(23)26-6/h7-10,12-13,15-16H,11H2,1-6H3. The van der Waals surface area contributed by atoms with E-state index in [0.29, 0.717) is 11.7 Å². The molecule has 0 N–H and O–H groups in total. The van der Waals surface area contributed by atoms with Crippen LogP contribution < -0.4 is 0 Å². The molecule has 1 aliphatic heterocycles. The van der Waals surface area contributed by atoms with E-state index in [0.717, 1.165) is 16.5 Å². The van der Waals surface area contributed by atoms with Crippen LogP contribution in [0.5, 0.6) is 0 Å². The zero-order valence-corrected chi connectivity index (χ0v) is 18.8. The van der Waals surface area contributed by atoms with Gasteiger partial charge in [0.15, 0.2) is 0 Å². The zero-order valence-electron chi connectivity index (χ0n) is 17.2. The SMILES string of the molecule is COC(=O)C=C(OC)C(C)C(C=Cc1csc(C2CSC(C(C)C)=N2)n1)OC. The van der Waals surface area contributed by atoms with E-state index < -0.39 is 5.97 Å². The van der Waals surface area contributed by atoms with Gasteiger partial charge in [0.2, 0.25) is 0 Å². The molecule has 0 bridgehead atoms. The zero-order chi connectivity index (χ0) is 20.7. The summed E-state index contributed by atoms with van der Waals surface area (Å²) in [4.78, 5) is 21.0. The van der Waals surface area contributed by atoms with Crippen LogP contribution in [0.4, 0.5) is 0 Å². The van der Waals surface area contributed by atoms with Gasteiger partial charge in [-0.15, -0.1) is 23.1 Å². The molecule has 0 spiro atoms. The molecule has 6 nitrogen and oxygen atoms in total. The van der Waals surface area contributed by atoms with Gasteiger partial charge < -0.3 is 14.2 Å². The van der Waals surface area contributed by atoms with Gasteiger partial charge in [-0.25, -0.2) is 9.78 Å². The summed E-state index contributed by atoms with van der Waals surface area (Å²) in [6, 6.07) is 0.148. The van der Waals surface area contributed by atoms with E-state index in [9.17, 15) is 4.79 Å². The number of thioether (sulfide) groups is 1. The van der Waals surface area contributed by atoms with E-state index in [1.54, 1.807) is 18.4 Å². The van der Waals surface area contributed by atoms with Crippen LogP contribution in [0, 0.1) is 11.8 Å². The lowest BCUT2D eigenvalue weighted by atomic mass is 10.0. The molecule has 0 saturated carbocycles. The molecule has 8 heteroatoms. The van der Waals surface area contributed by atoms with Crippen molar-refractivity contribution < 1.29 is 19.0 Å². The van der Waals surface area contributed by atoms with Gasteiger partial charge in [0, 0.05) is 30.1 Å². The Labute approximate surface area is 175 Å². The molecule has 28 heavy (non-hydrogen) atoms. The first-order valence-corrected chi connectivity index (χ1v) is 11.0. The van der Waals surface area contributed by atoms with Crippen LogP contribution in [-0.4, -0.2) is 49.2 Å². The van der Waals surface area contributed by atoms with Crippen molar-refractivity contribution in [2.24, 2.45) is 16.8 Å². The average Bonchev–Trinajstić information content (AvgIpc) is 3.35. The fourth-order valence-electron chi connectivity index (χ4n) is 2.72. The van der Waals surface area contributed by atoms with Crippen molar-refractivity contribution >= 4 is 40.2 Å². The highest BCUT2D eigenvalue weighted by atomic mass is 32.2. The summed E-state index contributed by atoms with van der Waals surface area (Å²) in [7, 11) is 4.49. The third-order valence-electron chi connectivity index (χ3n) is 4.36. The number of thiazole rings is 1. The molecular weight excluding hydrogens is 396 g/mol. The fraction of sp³-hybridized carbons (Fsp3) is 0.550. The van der Waals surface area contributed by atoms with Gasteiger partial charge in [-0.3, -0.25) is 4.99 Å². The summed E-state index contributed by atoms with van der Waals surface area (Å²) < 4.78 is 15.6. The lowest BCUT2D eigenvalue weighted by Gasteiger charge is -2.21. The molecule has 3 unspecified atom stereocenters. The number of ether oxygens (including phenoxy) is 3. The lowest BCUT2D eigenvalue weighted by molar-refractivity contribution is -0.135. The molecule has 0 saturated heterocycles. The van der Waals surface area contributed by atoms with Crippen LogP contribution in [0.1, 0.15) is 37.5 Å². The number of rotatable bonds is 9. The molecular formula is C20H28N2O4S2. The van der Waals surface area contributed by atoms with E-state index >= 15 is 0 Å². The minimum atomic E-state index is -0.456. The van der Waals surface area contributed by atoms with Crippen LogP contribution in [0.3, 0.4) is 0 Å². The van der Waals surface area contributed by atoms with Crippen LogP contribution in [0.25, 0.3) is 6.08 Å². The average molecular weight is 425 g/mol. The minimum absolute atomic E-state index is 0.148. The van der Waals surface area contributed by atoms with Crippen molar-refractivity contribution in [1.29, 1.82) is 0 Å². The summed E-state index contributed by atoms with van der Waals surface area (Å²) in [6.07, 6.45) is 4.94. The number of aromatic nitrogens is 1. The van der Waals surface area contributed by atoms with E-state index in [-0.39, 0.29) is 18.1 Å². The van der Waals surface area contributed by atoms with Gasteiger partial charge in [-0.2, -0.15) is 0 Å². The molecule has 0 fully saturated rings. The highest BCUT2D eigenvalue weighted by Crippen LogP contribution is 2.34. The molecule has 0 aliphatic carbocycles. The highest BCUT2D eigenvalue weighted by molar-refractivity contribution is 8.14. The summed E-state index contributed by atoms with van der Waals surface area (Å²) >= 11 is 3.45. The number of carbonyl (C=O) groups is 1. The Morgan fingerprint density at radius 2 is 2.00 bits per heavy atom. The Hall–Kier alpha value is -1.64. The number of hydrogen-bond acceptors (Lipinski definition) is 8. The fourth-order valence-corrected chi connectivity index (χ4v) is 4.75. The summed E-state index contributed by atoms with van der Waals surface area (Å²) in [5.41, 5.74) is 0.878. The molecule has 1 aromatic heterocycles. The second-order valence-corrected chi connectivity index (χ2v) is 8.61. The van der Waals surface area contributed by atoms with Crippen molar-refractivity contribution in [2.75, 3.05) is 27.1 Å². The molecule has 3 atom stereocenters. The van der Waals surface area contributed by atoms with Crippen molar-refractivity contribution in [3.63, 3.8) is 0 Å². The minimum Gasteiger partial charge on any atom is -0.500 e. The third kappa shape index (κ3) is 5.93. The van der Waals surface area contributed by atoms with Gasteiger partial charge in [0.05, 0.1) is 37.1 Å². The summed E-state index contributed by atoms with van der Waals surface area (Å²) in [6.45, 7) is 6.26. The monoisotopic (exact) mass is 424 g/mol. The van der Waals surface area contributed by atoms with E-state index in [4.69, 9.17) is 19.5 Å². The van der Waals surface area contributed by atoms with Gasteiger partial charge in [0.25, 0.3) is 0 Å². The normalized spacial score (nSPS) is 19.8. The molecule has 1 aliphatic rings. The number of esters is 1. The van der Waals surface area contributed by atoms with E-state index in [2.05, 4.69) is 18.6 Å². The second-order valence-electron chi connectivity index (χ2n) is 6.68.